The molecule has 0 aromatic carbocycles. The zero-order valence-electron chi connectivity index (χ0n) is 9.70. The maximum absolute atomic E-state index is 5.72. The Morgan fingerprint density at radius 3 is 2.43 bits per heavy atom. The van der Waals surface area contributed by atoms with Gasteiger partial charge in [0.2, 0.25) is 0 Å². The molecule has 1 fully saturated rings. The third kappa shape index (κ3) is 4.40. The second kappa shape index (κ2) is 5.69. The number of nitrogens with zero attached hydrogens (tertiary/aromatic N) is 1. The van der Waals surface area contributed by atoms with E-state index in [1.807, 2.05) is 0 Å². The van der Waals surface area contributed by atoms with Crippen molar-refractivity contribution in [1.82, 2.24) is 4.90 Å². The van der Waals surface area contributed by atoms with E-state index < -0.39 is 0 Å². The van der Waals surface area contributed by atoms with E-state index in [9.17, 15) is 0 Å². The van der Waals surface area contributed by atoms with Gasteiger partial charge in [0.25, 0.3) is 0 Å². The zero-order chi connectivity index (χ0) is 10.6. The number of hydrogen-bond donors (Lipinski definition) is 1. The van der Waals surface area contributed by atoms with Gasteiger partial charge in [-0.25, -0.2) is 0 Å². The maximum atomic E-state index is 5.72. The highest BCUT2D eigenvalue weighted by Crippen LogP contribution is 2.11. The van der Waals surface area contributed by atoms with Crippen LogP contribution >= 0.6 is 0 Å². The first kappa shape index (κ1) is 12.0. The van der Waals surface area contributed by atoms with Crippen LogP contribution in [0.1, 0.15) is 33.6 Å². The molecule has 1 aliphatic rings. The quantitative estimate of drug-likeness (QED) is 0.741. The minimum absolute atomic E-state index is 0.339. The number of ether oxygens (including phenoxy) is 1. The molecule has 0 bridgehead atoms. The molecule has 84 valence electrons. The lowest BCUT2D eigenvalue weighted by Crippen LogP contribution is -2.45. The molecule has 1 saturated heterocycles. The number of hydrogen-bond acceptors (Lipinski definition) is 3. The molecule has 3 unspecified atom stereocenters. The molecular formula is C11H24N2O. The summed E-state index contributed by atoms with van der Waals surface area (Å²) in [6.07, 6.45) is 3.10. The fourth-order valence-corrected chi connectivity index (χ4v) is 2.10. The highest BCUT2D eigenvalue weighted by atomic mass is 16.5. The molecule has 0 radical (unpaired) electrons. The van der Waals surface area contributed by atoms with Gasteiger partial charge in [0.05, 0.1) is 12.2 Å². The molecule has 0 aliphatic carbocycles. The van der Waals surface area contributed by atoms with Crippen LogP contribution in [0.15, 0.2) is 0 Å². The van der Waals surface area contributed by atoms with Crippen LogP contribution in [0.2, 0.25) is 0 Å². The van der Waals surface area contributed by atoms with Crippen molar-refractivity contribution >= 4 is 0 Å². The van der Waals surface area contributed by atoms with E-state index in [2.05, 4.69) is 25.7 Å². The largest absolute Gasteiger partial charge is 0.373 e. The van der Waals surface area contributed by atoms with Gasteiger partial charge in [-0.05, 0) is 40.2 Å². The van der Waals surface area contributed by atoms with E-state index in [0.717, 1.165) is 19.5 Å². The average molecular weight is 200 g/mol. The molecule has 2 N–H and O–H groups in total. The molecule has 1 heterocycles. The Bertz CT molecular complexity index is 151. The molecule has 3 heteroatoms. The monoisotopic (exact) mass is 200 g/mol. The summed E-state index contributed by atoms with van der Waals surface area (Å²) in [6, 6.07) is 0.339. The Morgan fingerprint density at radius 2 is 1.93 bits per heavy atom. The van der Waals surface area contributed by atoms with E-state index in [-0.39, 0.29) is 0 Å². The molecular weight excluding hydrogens is 176 g/mol. The van der Waals surface area contributed by atoms with Gasteiger partial charge in [0.1, 0.15) is 0 Å². The van der Waals surface area contributed by atoms with Crippen LogP contribution in [-0.4, -0.2) is 42.8 Å². The molecule has 0 aromatic rings. The molecule has 1 rings (SSSR count). The Morgan fingerprint density at radius 1 is 1.36 bits per heavy atom. The molecule has 14 heavy (non-hydrogen) atoms. The van der Waals surface area contributed by atoms with E-state index in [1.165, 1.54) is 13.0 Å². The van der Waals surface area contributed by atoms with Gasteiger partial charge >= 0.3 is 0 Å². The molecule has 0 saturated carbocycles. The van der Waals surface area contributed by atoms with Gasteiger partial charge in [0, 0.05) is 19.1 Å². The molecule has 3 nitrogen and oxygen atoms in total. The summed E-state index contributed by atoms with van der Waals surface area (Å²) in [7, 11) is 0. The van der Waals surface area contributed by atoms with E-state index in [4.69, 9.17) is 10.5 Å². The van der Waals surface area contributed by atoms with Crippen molar-refractivity contribution in [2.24, 2.45) is 5.73 Å². The van der Waals surface area contributed by atoms with Crippen molar-refractivity contribution in [1.29, 1.82) is 0 Å². The summed E-state index contributed by atoms with van der Waals surface area (Å²) in [5.41, 5.74) is 5.72. The Hall–Kier alpha value is -0.120. The van der Waals surface area contributed by atoms with Crippen LogP contribution < -0.4 is 5.73 Å². The van der Waals surface area contributed by atoms with E-state index >= 15 is 0 Å². The van der Waals surface area contributed by atoms with Crippen molar-refractivity contribution < 1.29 is 4.74 Å². The van der Waals surface area contributed by atoms with Crippen molar-refractivity contribution in [3.8, 4) is 0 Å². The molecule has 1 aliphatic heterocycles. The van der Waals surface area contributed by atoms with Crippen LogP contribution in [-0.2, 0) is 4.74 Å². The van der Waals surface area contributed by atoms with Crippen molar-refractivity contribution in [3.63, 3.8) is 0 Å². The highest BCUT2D eigenvalue weighted by molar-refractivity contribution is 4.73. The molecule has 0 aromatic heterocycles. The zero-order valence-corrected chi connectivity index (χ0v) is 9.70. The predicted octanol–water partition coefficient (Wildman–Crippen LogP) is 1.22. The summed E-state index contributed by atoms with van der Waals surface area (Å²) in [6.45, 7) is 9.68. The van der Waals surface area contributed by atoms with Gasteiger partial charge in [-0.1, -0.05) is 0 Å². The fourth-order valence-electron chi connectivity index (χ4n) is 2.10. The van der Waals surface area contributed by atoms with Gasteiger partial charge in [0.15, 0.2) is 0 Å². The topological polar surface area (TPSA) is 38.5 Å². The van der Waals surface area contributed by atoms with Gasteiger partial charge in [-0.15, -0.1) is 0 Å². The SMILES string of the molecule is CC(N)CCCN1CC(C)OC(C)C1. The van der Waals surface area contributed by atoms with E-state index in [1.54, 1.807) is 0 Å². The normalized spacial score (nSPS) is 31.7. The first-order valence-electron chi connectivity index (χ1n) is 5.71. The smallest absolute Gasteiger partial charge is 0.0678 e. The molecule has 0 spiro atoms. The summed E-state index contributed by atoms with van der Waals surface area (Å²) in [5.74, 6) is 0. The number of morpholine rings is 1. The minimum atomic E-state index is 0.339. The lowest BCUT2D eigenvalue weighted by Gasteiger charge is -2.35. The summed E-state index contributed by atoms with van der Waals surface area (Å²) >= 11 is 0. The molecule has 3 atom stereocenters. The predicted molar refractivity (Wildman–Crippen MR) is 59.3 cm³/mol. The van der Waals surface area contributed by atoms with Gasteiger partial charge < -0.3 is 10.5 Å². The molecule has 0 amide bonds. The highest BCUT2D eigenvalue weighted by Gasteiger charge is 2.21. The standard InChI is InChI=1S/C11H24N2O/c1-9(12)5-4-6-13-7-10(2)14-11(3)8-13/h9-11H,4-8,12H2,1-3H3. The van der Waals surface area contributed by atoms with Crippen LogP contribution in [0.25, 0.3) is 0 Å². The average Bonchev–Trinajstić information content (AvgIpc) is 2.01. The lowest BCUT2D eigenvalue weighted by atomic mass is 10.1. The summed E-state index contributed by atoms with van der Waals surface area (Å²) in [4.78, 5) is 2.49. The van der Waals surface area contributed by atoms with Gasteiger partial charge in [-0.3, -0.25) is 4.90 Å². The second-order valence-corrected chi connectivity index (χ2v) is 4.64. The lowest BCUT2D eigenvalue weighted by molar-refractivity contribution is -0.0682. The van der Waals surface area contributed by atoms with Crippen LogP contribution in [0.4, 0.5) is 0 Å². The Balaban J connectivity index is 2.17. The van der Waals surface area contributed by atoms with Crippen LogP contribution in [0, 0.1) is 0 Å². The number of rotatable bonds is 4. The fraction of sp³-hybridized carbons (Fsp3) is 1.00. The van der Waals surface area contributed by atoms with E-state index in [0.29, 0.717) is 18.2 Å². The third-order valence-corrected chi connectivity index (χ3v) is 2.63. The Kier molecular flexibility index (Phi) is 4.85. The second-order valence-electron chi connectivity index (χ2n) is 4.64. The number of nitrogens with two attached hydrogens (primary N) is 1. The first-order valence-corrected chi connectivity index (χ1v) is 5.71. The van der Waals surface area contributed by atoms with Crippen molar-refractivity contribution in [3.05, 3.63) is 0 Å². The van der Waals surface area contributed by atoms with Crippen molar-refractivity contribution in [2.75, 3.05) is 19.6 Å². The summed E-state index contributed by atoms with van der Waals surface area (Å²) < 4.78 is 5.68. The minimum Gasteiger partial charge on any atom is -0.373 e. The summed E-state index contributed by atoms with van der Waals surface area (Å²) in [5, 5.41) is 0. The third-order valence-electron chi connectivity index (χ3n) is 2.63. The van der Waals surface area contributed by atoms with Gasteiger partial charge in [-0.2, -0.15) is 0 Å². The van der Waals surface area contributed by atoms with Crippen LogP contribution in [0.5, 0.6) is 0 Å². The van der Waals surface area contributed by atoms with Crippen molar-refractivity contribution in [2.45, 2.75) is 51.9 Å². The van der Waals surface area contributed by atoms with Crippen LogP contribution in [0.3, 0.4) is 0 Å². The maximum Gasteiger partial charge on any atom is 0.0678 e. The first-order chi connectivity index (χ1) is 6.58. The Labute approximate surface area is 87.6 Å².